The molecule has 0 aromatic carbocycles. The predicted molar refractivity (Wildman–Crippen MR) is 41.1 cm³/mol. The minimum absolute atomic E-state index is 0.0735. The summed E-state index contributed by atoms with van der Waals surface area (Å²) in [5, 5.41) is 6.19. The number of aryl methyl sites for hydroxylation is 1. The maximum atomic E-state index is 11.3. The van der Waals surface area contributed by atoms with Gasteiger partial charge in [-0.1, -0.05) is 5.16 Å². The molecule has 1 amide bonds. The lowest BCUT2D eigenvalue weighted by Crippen LogP contribution is -2.48. The van der Waals surface area contributed by atoms with E-state index in [0.717, 1.165) is 0 Å². The minimum Gasteiger partial charge on any atom is -0.377 e. The minimum atomic E-state index is -0.315. The molecular formula is C7H9N3O3. The molecule has 1 aliphatic rings. The highest BCUT2D eigenvalue weighted by Crippen LogP contribution is 2.01. The summed E-state index contributed by atoms with van der Waals surface area (Å²) in [6.07, 6.45) is 0. The molecule has 1 aromatic rings. The monoisotopic (exact) mass is 183 g/mol. The van der Waals surface area contributed by atoms with Crippen LogP contribution in [0.4, 0.5) is 0 Å². The predicted octanol–water partition coefficient (Wildman–Crippen LogP) is -0.493. The summed E-state index contributed by atoms with van der Waals surface area (Å²) in [5.41, 5.74) is 0. The number of ether oxygens (including phenoxy) is 1. The normalized spacial score (nSPS) is 16.7. The van der Waals surface area contributed by atoms with Crippen LogP contribution in [0.2, 0.25) is 0 Å². The Morgan fingerprint density at radius 1 is 1.62 bits per heavy atom. The molecule has 0 saturated carbocycles. The van der Waals surface area contributed by atoms with Gasteiger partial charge in [0.15, 0.2) is 0 Å². The van der Waals surface area contributed by atoms with Crippen LogP contribution < -0.4 is 5.32 Å². The zero-order chi connectivity index (χ0) is 9.26. The molecule has 2 heterocycles. The first kappa shape index (κ1) is 8.18. The summed E-state index contributed by atoms with van der Waals surface area (Å²) in [7, 11) is 0. The molecule has 0 atom stereocenters. The summed E-state index contributed by atoms with van der Waals surface area (Å²) in [4.78, 5) is 15.1. The van der Waals surface area contributed by atoms with Crippen LogP contribution in [0, 0.1) is 6.92 Å². The van der Waals surface area contributed by atoms with Gasteiger partial charge in [-0.25, -0.2) is 0 Å². The third kappa shape index (κ3) is 1.67. The lowest BCUT2D eigenvalue weighted by Gasteiger charge is -2.25. The number of hydrogen-bond donors (Lipinski definition) is 1. The second kappa shape index (κ2) is 3.14. The van der Waals surface area contributed by atoms with Crippen LogP contribution in [0.1, 0.15) is 16.5 Å². The summed E-state index contributed by atoms with van der Waals surface area (Å²) in [5.74, 6) is 0.143. The Hall–Kier alpha value is -1.43. The number of carbonyl (C=O) groups excluding carboxylic acids is 1. The van der Waals surface area contributed by atoms with E-state index < -0.39 is 0 Å². The average molecular weight is 183 g/mol. The highest BCUT2D eigenvalue weighted by molar-refractivity contribution is 5.90. The molecular weight excluding hydrogens is 174 g/mol. The van der Waals surface area contributed by atoms with Gasteiger partial charge in [0, 0.05) is 6.92 Å². The largest absolute Gasteiger partial charge is 0.377 e. The fourth-order valence-electron chi connectivity index (χ4n) is 0.960. The molecule has 1 aromatic heterocycles. The van der Waals surface area contributed by atoms with Crippen molar-refractivity contribution in [3.05, 3.63) is 11.7 Å². The number of hydrogen-bond acceptors (Lipinski definition) is 5. The van der Waals surface area contributed by atoms with Crippen molar-refractivity contribution in [2.75, 3.05) is 13.2 Å². The van der Waals surface area contributed by atoms with E-state index in [1.165, 1.54) is 0 Å². The summed E-state index contributed by atoms with van der Waals surface area (Å²) in [6.45, 7) is 2.75. The topological polar surface area (TPSA) is 77.2 Å². The van der Waals surface area contributed by atoms with E-state index in [0.29, 0.717) is 19.1 Å². The molecule has 70 valence electrons. The van der Waals surface area contributed by atoms with Crippen LogP contribution >= 0.6 is 0 Å². The van der Waals surface area contributed by atoms with E-state index in [1.807, 2.05) is 0 Å². The van der Waals surface area contributed by atoms with Gasteiger partial charge < -0.3 is 14.6 Å². The highest BCUT2D eigenvalue weighted by atomic mass is 16.5. The Balaban J connectivity index is 1.96. The van der Waals surface area contributed by atoms with Gasteiger partial charge in [0.2, 0.25) is 5.89 Å². The number of nitrogens with zero attached hydrogens (tertiary/aromatic N) is 2. The molecule has 0 aliphatic carbocycles. The number of carbonyl (C=O) groups is 1. The Labute approximate surface area is 74.3 Å². The van der Waals surface area contributed by atoms with Crippen molar-refractivity contribution in [2.45, 2.75) is 13.0 Å². The molecule has 0 spiro atoms. The summed E-state index contributed by atoms with van der Waals surface area (Å²) >= 11 is 0. The van der Waals surface area contributed by atoms with Crippen molar-refractivity contribution in [2.24, 2.45) is 0 Å². The molecule has 0 unspecified atom stereocenters. The molecule has 2 rings (SSSR count). The average Bonchev–Trinajstić information content (AvgIpc) is 2.44. The molecule has 6 heteroatoms. The van der Waals surface area contributed by atoms with Crippen molar-refractivity contribution < 1.29 is 14.1 Å². The first-order chi connectivity index (χ1) is 6.25. The number of nitrogens with one attached hydrogen (secondary N) is 1. The molecule has 13 heavy (non-hydrogen) atoms. The standard InChI is InChI=1S/C7H9N3O3/c1-4-8-6(10-13-4)7(11)9-5-2-12-3-5/h5H,2-3H2,1H3,(H,9,11). The van der Waals surface area contributed by atoms with Crippen molar-refractivity contribution in [1.29, 1.82) is 0 Å². The van der Waals surface area contributed by atoms with E-state index in [1.54, 1.807) is 6.92 Å². The molecule has 1 saturated heterocycles. The van der Waals surface area contributed by atoms with E-state index >= 15 is 0 Å². The summed E-state index contributed by atoms with van der Waals surface area (Å²) < 4.78 is 9.56. The van der Waals surface area contributed by atoms with Gasteiger partial charge >= 0.3 is 0 Å². The first-order valence-corrected chi connectivity index (χ1v) is 3.94. The molecule has 6 nitrogen and oxygen atoms in total. The molecule has 1 aliphatic heterocycles. The third-order valence-electron chi connectivity index (χ3n) is 1.70. The van der Waals surface area contributed by atoms with Crippen LogP contribution in [0.5, 0.6) is 0 Å². The Morgan fingerprint density at radius 3 is 2.85 bits per heavy atom. The zero-order valence-electron chi connectivity index (χ0n) is 7.11. The van der Waals surface area contributed by atoms with Crippen molar-refractivity contribution in [3.63, 3.8) is 0 Å². The number of amides is 1. The van der Waals surface area contributed by atoms with Crippen LogP contribution in [0.15, 0.2) is 4.52 Å². The van der Waals surface area contributed by atoms with Gasteiger partial charge in [0.25, 0.3) is 11.7 Å². The van der Waals surface area contributed by atoms with Crippen LogP contribution in [-0.2, 0) is 4.74 Å². The van der Waals surface area contributed by atoms with Crippen molar-refractivity contribution in [3.8, 4) is 0 Å². The van der Waals surface area contributed by atoms with Gasteiger partial charge in [-0.3, -0.25) is 4.79 Å². The van der Waals surface area contributed by atoms with Gasteiger partial charge in [-0.2, -0.15) is 4.98 Å². The van der Waals surface area contributed by atoms with Gasteiger partial charge in [-0.05, 0) is 0 Å². The van der Waals surface area contributed by atoms with E-state index in [-0.39, 0.29) is 17.8 Å². The van der Waals surface area contributed by atoms with E-state index in [9.17, 15) is 4.79 Å². The highest BCUT2D eigenvalue weighted by Gasteiger charge is 2.23. The zero-order valence-corrected chi connectivity index (χ0v) is 7.11. The fraction of sp³-hybridized carbons (Fsp3) is 0.571. The smallest absolute Gasteiger partial charge is 0.293 e. The van der Waals surface area contributed by atoms with Crippen LogP contribution in [0.3, 0.4) is 0 Å². The second-order valence-corrected chi connectivity index (χ2v) is 2.84. The maximum Gasteiger partial charge on any atom is 0.293 e. The summed E-state index contributed by atoms with van der Waals surface area (Å²) in [6, 6.07) is 0.0892. The van der Waals surface area contributed by atoms with Crippen LogP contribution in [0.25, 0.3) is 0 Å². The number of rotatable bonds is 2. The fourth-order valence-corrected chi connectivity index (χ4v) is 0.960. The Morgan fingerprint density at radius 2 is 2.38 bits per heavy atom. The second-order valence-electron chi connectivity index (χ2n) is 2.84. The Bertz CT molecular complexity index is 319. The number of aromatic nitrogens is 2. The van der Waals surface area contributed by atoms with Crippen molar-refractivity contribution in [1.82, 2.24) is 15.5 Å². The third-order valence-corrected chi connectivity index (χ3v) is 1.70. The molecule has 1 fully saturated rings. The lowest BCUT2D eigenvalue weighted by molar-refractivity contribution is -0.00368. The van der Waals surface area contributed by atoms with E-state index in [4.69, 9.17) is 4.74 Å². The van der Waals surface area contributed by atoms with Crippen LogP contribution in [-0.4, -0.2) is 35.3 Å². The molecule has 0 bridgehead atoms. The van der Waals surface area contributed by atoms with Gasteiger partial charge in [-0.15, -0.1) is 0 Å². The quantitative estimate of drug-likeness (QED) is 0.669. The van der Waals surface area contributed by atoms with E-state index in [2.05, 4.69) is 20.0 Å². The van der Waals surface area contributed by atoms with Crippen molar-refractivity contribution >= 4 is 5.91 Å². The van der Waals surface area contributed by atoms with Gasteiger partial charge in [0.1, 0.15) is 0 Å². The van der Waals surface area contributed by atoms with Gasteiger partial charge in [0.05, 0.1) is 19.3 Å². The first-order valence-electron chi connectivity index (χ1n) is 3.94. The lowest BCUT2D eigenvalue weighted by atomic mass is 10.2. The molecule has 0 radical (unpaired) electrons. The molecule has 1 N–H and O–H groups in total. The Kier molecular flexibility index (Phi) is 1.97. The SMILES string of the molecule is Cc1nc(C(=O)NC2COC2)no1. The maximum absolute atomic E-state index is 11.3.